The van der Waals surface area contributed by atoms with Gasteiger partial charge in [-0.1, -0.05) is 11.6 Å². The first kappa shape index (κ1) is 20.2. The lowest BCUT2D eigenvalue weighted by Gasteiger charge is -2.16. The molecule has 0 radical (unpaired) electrons. The number of nitrogens with one attached hydrogen (secondary N) is 1. The topological polar surface area (TPSA) is 114 Å². The summed E-state index contributed by atoms with van der Waals surface area (Å²) in [5.41, 5.74) is 0.354. The van der Waals surface area contributed by atoms with Gasteiger partial charge in [-0.2, -0.15) is 10.5 Å². The van der Waals surface area contributed by atoms with E-state index in [-0.39, 0.29) is 34.3 Å². The Balaban J connectivity index is 2.20. The molecule has 2 aromatic carbocycles. The highest BCUT2D eigenvalue weighted by Crippen LogP contribution is 2.22. The average Bonchev–Trinajstić information content (AvgIpc) is 2.63. The summed E-state index contributed by atoms with van der Waals surface area (Å²) in [6.45, 7) is -0.488. The van der Waals surface area contributed by atoms with E-state index >= 15 is 0 Å². The summed E-state index contributed by atoms with van der Waals surface area (Å²) in [6.07, 6.45) is 0. The van der Waals surface area contributed by atoms with Crippen LogP contribution >= 0.6 is 11.6 Å². The minimum absolute atomic E-state index is 0.166. The SMILES string of the molecule is N#CCN(CC#N)C(=O)c1ccc(NS(=O)(=O)c2ccc(F)c(Cl)c2)cc1. The zero-order valence-corrected chi connectivity index (χ0v) is 15.3. The van der Waals surface area contributed by atoms with Gasteiger partial charge < -0.3 is 4.90 Å². The number of hydrogen-bond acceptors (Lipinski definition) is 5. The van der Waals surface area contributed by atoms with Crippen LogP contribution in [0.1, 0.15) is 10.4 Å². The largest absolute Gasteiger partial charge is 0.312 e. The first-order valence-electron chi connectivity index (χ1n) is 7.39. The van der Waals surface area contributed by atoms with Crippen LogP contribution < -0.4 is 4.72 Å². The van der Waals surface area contributed by atoms with Crippen molar-refractivity contribution in [3.63, 3.8) is 0 Å². The maximum Gasteiger partial charge on any atom is 0.261 e. The number of nitriles is 2. The number of nitrogens with zero attached hydrogens (tertiary/aromatic N) is 3. The number of carbonyl (C=O) groups excluding carboxylic acids is 1. The highest BCUT2D eigenvalue weighted by molar-refractivity contribution is 7.92. The van der Waals surface area contributed by atoms with E-state index in [2.05, 4.69) is 4.72 Å². The molecule has 0 saturated carbocycles. The zero-order valence-electron chi connectivity index (χ0n) is 13.7. The number of hydrogen-bond donors (Lipinski definition) is 1. The first-order chi connectivity index (χ1) is 12.8. The van der Waals surface area contributed by atoms with Gasteiger partial charge in [0.15, 0.2) is 0 Å². The molecule has 0 bridgehead atoms. The van der Waals surface area contributed by atoms with Crippen LogP contribution in [0.15, 0.2) is 47.4 Å². The fourth-order valence-electron chi connectivity index (χ4n) is 2.09. The van der Waals surface area contributed by atoms with Crippen molar-refractivity contribution in [2.75, 3.05) is 17.8 Å². The highest BCUT2D eigenvalue weighted by atomic mass is 35.5. The molecule has 0 fully saturated rings. The van der Waals surface area contributed by atoms with E-state index in [1.165, 1.54) is 24.3 Å². The molecule has 0 saturated heterocycles. The predicted molar refractivity (Wildman–Crippen MR) is 95.8 cm³/mol. The van der Waals surface area contributed by atoms with Gasteiger partial charge in [0.25, 0.3) is 15.9 Å². The molecule has 0 spiro atoms. The molecule has 0 heterocycles. The highest BCUT2D eigenvalue weighted by Gasteiger charge is 2.18. The summed E-state index contributed by atoms with van der Waals surface area (Å²) in [6, 6.07) is 12.0. The molecule has 0 unspecified atom stereocenters. The number of carbonyl (C=O) groups is 1. The third-order valence-corrected chi connectivity index (χ3v) is 5.06. The van der Waals surface area contributed by atoms with Gasteiger partial charge in [0.1, 0.15) is 18.9 Å². The van der Waals surface area contributed by atoms with Crippen molar-refractivity contribution in [1.29, 1.82) is 10.5 Å². The van der Waals surface area contributed by atoms with Gasteiger partial charge in [0.2, 0.25) is 0 Å². The maximum absolute atomic E-state index is 13.2. The Labute approximate surface area is 160 Å². The smallest absolute Gasteiger partial charge is 0.261 e. The maximum atomic E-state index is 13.2. The average molecular weight is 407 g/mol. The monoisotopic (exact) mass is 406 g/mol. The number of anilines is 1. The van der Waals surface area contributed by atoms with Gasteiger partial charge in [-0.05, 0) is 42.5 Å². The number of sulfonamides is 1. The van der Waals surface area contributed by atoms with Crippen molar-refractivity contribution < 1.29 is 17.6 Å². The lowest BCUT2D eigenvalue weighted by atomic mass is 10.2. The van der Waals surface area contributed by atoms with E-state index in [1.807, 2.05) is 0 Å². The molecule has 10 heteroatoms. The number of amides is 1. The lowest BCUT2D eigenvalue weighted by molar-refractivity contribution is 0.0794. The summed E-state index contributed by atoms with van der Waals surface area (Å²) < 4.78 is 40.1. The van der Waals surface area contributed by atoms with Gasteiger partial charge in [-0.3, -0.25) is 9.52 Å². The normalized spacial score (nSPS) is 10.5. The second-order valence-corrected chi connectivity index (χ2v) is 7.33. The van der Waals surface area contributed by atoms with Crippen LogP contribution in [0.25, 0.3) is 0 Å². The molecule has 2 aromatic rings. The van der Waals surface area contributed by atoms with Gasteiger partial charge in [0.05, 0.1) is 22.1 Å². The third-order valence-electron chi connectivity index (χ3n) is 3.40. The van der Waals surface area contributed by atoms with Gasteiger partial charge >= 0.3 is 0 Å². The van der Waals surface area contributed by atoms with Crippen molar-refractivity contribution >= 4 is 33.2 Å². The second kappa shape index (κ2) is 8.49. The molecule has 2 rings (SSSR count). The molecule has 1 N–H and O–H groups in total. The summed E-state index contributed by atoms with van der Waals surface area (Å²) in [5.74, 6) is -1.27. The number of halogens is 2. The van der Waals surface area contributed by atoms with Crippen LogP contribution in [-0.4, -0.2) is 32.3 Å². The molecule has 0 aliphatic rings. The van der Waals surface area contributed by atoms with E-state index in [0.29, 0.717) is 0 Å². The summed E-state index contributed by atoms with van der Waals surface area (Å²) in [7, 11) is -4.00. The predicted octanol–water partition coefficient (Wildman–Crippen LogP) is 2.77. The second-order valence-electron chi connectivity index (χ2n) is 5.24. The summed E-state index contributed by atoms with van der Waals surface area (Å²) in [5, 5.41) is 17.1. The van der Waals surface area contributed by atoms with E-state index in [9.17, 15) is 17.6 Å². The number of benzene rings is 2. The Morgan fingerprint density at radius 2 is 1.70 bits per heavy atom. The molecular weight excluding hydrogens is 395 g/mol. The first-order valence-corrected chi connectivity index (χ1v) is 9.25. The molecule has 0 atom stereocenters. The molecule has 7 nitrogen and oxygen atoms in total. The van der Waals surface area contributed by atoms with Crippen molar-refractivity contribution in [1.82, 2.24) is 4.90 Å². The molecule has 0 aliphatic carbocycles. The third kappa shape index (κ3) is 4.94. The Morgan fingerprint density at radius 3 is 2.22 bits per heavy atom. The van der Waals surface area contributed by atoms with E-state index in [1.54, 1.807) is 12.1 Å². The molecule has 0 aromatic heterocycles. The van der Waals surface area contributed by atoms with Gasteiger partial charge in [-0.25, -0.2) is 12.8 Å². The van der Waals surface area contributed by atoms with Crippen LogP contribution in [0.5, 0.6) is 0 Å². The lowest BCUT2D eigenvalue weighted by Crippen LogP contribution is -2.31. The Hall–Kier alpha value is -3.14. The standard InChI is InChI=1S/C17H12ClFN4O3S/c18-15-11-14(5-6-16(15)19)27(25,26)22-13-3-1-12(2-4-13)17(24)23(9-7-20)10-8-21/h1-6,11,22H,9-10H2. The Bertz CT molecular complexity index is 1030. The molecule has 138 valence electrons. The van der Waals surface area contributed by atoms with Crippen molar-refractivity contribution in [3.05, 3.63) is 58.9 Å². The fourth-order valence-corrected chi connectivity index (χ4v) is 3.42. The molecular formula is C17H12ClFN4O3S. The molecule has 1 amide bonds. The van der Waals surface area contributed by atoms with E-state index in [4.69, 9.17) is 22.1 Å². The summed E-state index contributed by atoms with van der Waals surface area (Å²) >= 11 is 5.60. The molecule has 0 aliphatic heterocycles. The Kier molecular flexibility index (Phi) is 6.35. The van der Waals surface area contributed by atoms with Crippen LogP contribution in [0.3, 0.4) is 0 Å². The van der Waals surface area contributed by atoms with Gasteiger partial charge in [-0.15, -0.1) is 0 Å². The minimum atomic E-state index is -4.00. The van der Waals surface area contributed by atoms with Crippen molar-refractivity contribution in [2.45, 2.75) is 4.90 Å². The van der Waals surface area contributed by atoms with E-state index in [0.717, 1.165) is 23.1 Å². The van der Waals surface area contributed by atoms with Crippen LogP contribution in [0, 0.1) is 28.5 Å². The Morgan fingerprint density at radius 1 is 1.11 bits per heavy atom. The molecule has 27 heavy (non-hydrogen) atoms. The minimum Gasteiger partial charge on any atom is -0.312 e. The quantitative estimate of drug-likeness (QED) is 0.741. The fraction of sp³-hybridized carbons (Fsp3) is 0.118. The number of rotatable bonds is 6. The summed E-state index contributed by atoms with van der Waals surface area (Å²) in [4.78, 5) is 13.1. The van der Waals surface area contributed by atoms with Crippen molar-refractivity contribution in [2.24, 2.45) is 0 Å². The van der Waals surface area contributed by atoms with Crippen LogP contribution in [0.4, 0.5) is 10.1 Å². The van der Waals surface area contributed by atoms with Crippen LogP contribution in [0.2, 0.25) is 5.02 Å². The van der Waals surface area contributed by atoms with E-state index < -0.39 is 21.7 Å². The zero-order chi connectivity index (χ0) is 20.0. The van der Waals surface area contributed by atoms with Crippen LogP contribution in [-0.2, 0) is 10.0 Å². The van der Waals surface area contributed by atoms with Gasteiger partial charge in [0, 0.05) is 11.3 Å². The van der Waals surface area contributed by atoms with Crippen molar-refractivity contribution in [3.8, 4) is 12.1 Å².